The second kappa shape index (κ2) is 7.44. The van der Waals surface area contributed by atoms with Crippen molar-refractivity contribution < 1.29 is 0 Å². The molecule has 0 saturated carbocycles. The van der Waals surface area contributed by atoms with Gasteiger partial charge in [-0.05, 0) is 0 Å². The first-order valence-corrected chi connectivity index (χ1v) is 9.43. The topological polar surface area (TPSA) is 24.4 Å². The van der Waals surface area contributed by atoms with E-state index in [1.165, 1.54) is 27.7 Å². The number of rotatable bonds is 4. The maximum absolute atomic E-state index is 4.76. The Labute approximate surface area is 138 Å². The summed E-state index contributed by atoms with van der Waals surface area (Å²) in [5, 5.41) is 3.51. The van der Waals surface area contributed by atoms with E-state index in [-0.39, 0.29) is 15.0 Å². The molecule has 0 bridgehead atoms. The van der Waals surface area contributed by atoms with Gasteiger partial charge in [-0.1, -0.05) is 0 Å². The summed E-state index contributed by atoms with van der Waals surface area (Å²) >= 11 is 0.234. The van der Waals surface area contributed by atoms with Crippen LogP contribution in [0.5, 0.6) is 0 Å². The van der Waals surface area contributed by atoms with Gasteiger partial charge in [-0.15, -0.1) is 0 Å². The number of nitrogens with one attached hydrogen (secondary N) is 1. The van der Waals surface area contributed by atoms with Gasteiger partial charge in [0.2, 0.25) is 0 Å². The molecular weight excluding hydrogens is 335 g/mol. The fourth-order valence-electron chi connectivity index (χ4n) is 2.33. The number of amidine groups is 1. The molecule has 0 unspecified atom stereocenters. The number of hydrogen-bond acceptors (Lipinski definition) is 1. The van der Waals surface area contributed by atoms with E-state index in [9.17, 15) is 0 Å². The minimum absolute atomic E-state index is 0.234. The van der Waals surface area contributed by atoms with E-state index in [2.05, 4.69) is 72.9 Å². The number of nitrogens with zero attached hydrogens (tertiary/aromatic N) is 1. The molecule has 0 spiro atoms. The quantitative estimate of drug-likeness (QED) is 0.635. The Kier molecular flexibility index (Phi) is 5.10. The van der Waals surface area contributed by atoms with Crippen LogP contribution in [0.1, 0.15) is 30.9 Å². The van der Waals surface area contributed by atoms with Crippen LogP contribution in [-0.4, -0.2) is 26.2 Å². The van der Waals surface area contributed by atoms with Crippen LogP contribution >= 0.6 is 0 Å². The van der Waals surface area contributed by atoms with Crippen molar-refractivity contribution in [1.82, 2.24) is 0 Å². The van der Waals surface area contributed by atoms with Crippen LogP contribution in [0.3, 0.4) is 0 Å². The van der Waals surface area contributed by atoms with Gasteiger partial charge in [-0.3, -0.25) is 0 Å². The normalized spacial score (nSPS) is 17.3. The van der Waals surface area contributed by atoms with Gasteiger partial charge in [0.15, 0.2) is 0 Å². The van der Waals surface area contributed by atoms with Crippen molar-refractivity contribution >= 4 is 35.9 Å². The Morgan fingerprint density at radius 1 is 1.05 bits per heavy atom. The van der Waals surface area contributed by atoms with Crippen LogP contribution in [0, 0.1) is 0 Å². The molecule has 3 heteroatoms. The molecule has 0 saturated heterocycles. The van der Waals surface area contributed by atoms with E-state index in [4.69, 9.17) is 4.99 Å². The zero-order valence-corrected chi connectivity index (χ0v) is 14.5. The average Bonchev–Trinajstić information content (AvgIpc) is 2.56. The van der Waals surface area contributed by atoms with Gasteiger partial charge in [0.1, 0.15) is 0 Å². The molecule has 0 radical (unpaired) electrons. The Hall–Kier alpha value is -1.83. The fourth-order valence-corrected chi connectivity index (χ4v) is 4.44. The average molecular weight is 355 g/mol. The molecule has 1 heterocycles. The van der Waals surface area contributed by atoms with Gasteiger partial charge in [0.05, 0.1) is 0 Å². The second-order valence-electron chi connectivity index (χ2n) is 5.23. The zero-order valence-electron chi connectivity index (χ0n) is 12.8. The Bertz CT molecular complexity index is 690. The zero-order chi connectivity index (χ0) is 15.2. The predicted octanol–water partition coefficient (Wildman–Crippen LogP) is 4.47. The van der Waals surface area contributed by atoms with Crippen LogP contribution in [0.25, 0.3) is 10.5 Å². The molecule has 1 N–H and O–H groups in total. The van der Waals surface area contributed by atoms with E-state index < -0.39 is 0 Å². The number of fused-ring (bicyclic) bond motifs is 1. The molecule has 3 rings (SSSR count). The summed E-state index contributed by atoms with van der Waals surface area (Å²) < 4.78 is 2.53. The molecule has 2 nitrogen and oxygen atoms in total. The summed E-state index contributed by atoms with van der Waals surface area (Å²) in [5.74, 6) is 0. The third-order valence-corrected chi connectivity index (χ3v) is 5.57. The van der Waals surface area contributed by atoms with Crippen LogP contribution in [0.4, 0.5) is 5.69 Å². The monoisotopic (exact) mass is 356 g/mol. The van der Waals surface area contributed by atoms with Crippen LogP contribution in [0.2, 0.25) is 0 Å². The number of para-hydroxylation sites is 1. The van der Waals surface area contributed by atoms with Crippen LogP contribution < -0.4 is 5.32 Å². The first-order valence-electron chi connectivity index (χ1n) is 7.72. The minimum atomic E-state index is 0.234. The predicted molar refractivity (Wildman–Crippen MR) is 97.3 cm³/mol. The van der Waals surface area contributed by atoms with Crippen molar-refractivity contribution in [3.63, 3.8) is 0 Å². The molecule has 0 amide bonds. The van der Waals surface area contributed by atoms with Crippen molar-refractivity contribution in [2.75, 3.05) is 11.9 Å². The van der Waals surface area contributed by atoms with Crippen molar-refractivity contribution in [2.24, 2.45) is 4.99 Å². The third-order valence-electron chi connectivity index (χ3n) is 3.51. The number of hydrogen-bond donors (Lipinski definition) is 1. The molecule has 0 aliphatic carbocycles. The van der Waals surface area contributed by atoms with E-state index >= 15 is 0 Å². The van der Waals surface area contributed by atoms with Gasteiger partial charge in [-0.2, -0.15) is 0 Å². The van der Waals surface area contributed by atoms with Crippen LogP contribution in [0.15, 0.2) is 59.6 Å². The summed E-state index contributed by atoms with van der Waals surface area (Å²) in [6.07, 6.45) is 4.64. The first kappa shape index (κ1) is 15.1. The number of benzene rings is 2. The van der Waals surface area contributed by atoms with E-state index in [1.54, 1.807) is 0 Å². The molecule has 1 aliphatic heterocycles. The van der Waals surface area contributed by atoms with Gasteiger partial charge in [-0.25, -0.2) is 0 Å². The van der Waals surface area contributed by atoms with Gasteiger partial charge >= 0.3 is 138 Å². The maximum atomic E-state index is 4.76. The van der Waals surface area contributed by atoms with Crippen molar-refractivity contribution in [1.29, 1.82) is 0 Å². The van der Waals surface area contributed by atoms with Crippen LogP contribution in [-0.2, 0) is 0 Å². The first-order chi connectivity index (χ1) is 10.9. The third kappa shape index (κ3) is 3.68. The Morgan fingerprint density at radius 3 is 2.64 bits per heavy atom. The van der Waals surface area contributed by atoms with Gasteiger partial charge in [0, 0.05) is 0 Å². The van der Waals surface area contributed by atoms with Gasteiger partial charge < -0.3 is 0 Å². The number of anilines is 1. The molecule has 2 aromatic carbocycles. The summed E-state index contributed by atoms with van der Waals surface area (Å²) in [7, 11) is 0. The number of unbranched alkanes of at least 4 members (excludes halogenated alkanes) is 1. The molecule has 0 fully saturated rings. The molecule has 1 aliphatic rings. The molecule has 22 heavy (non-hydrogen) atoms. The fraction of sp³-hybridized carbons (Fsp3) is 0.211. The van der Waals surface area contributed by atoms with E-state index in [1.807, 2.05) is 0 Å². The molecular formula is C19H20N2Se. The van der Waals surface area contributed by atoms with E-state index in [0.29, 0.717) is 0 Å². The standard InChI is InChI=1S/C19H20N2Se/c1-2-3-13-20-19-21-17-12-8-7-11-16(17)18(22-19)14-15-9-5-4-6-10-15/h4-12,14H,2-3,13H2,1H3,(H,20,21)/b18-14-. The summed E-state index contributed by atoms with van der Waals surface area (Å²) in [6, 6.07) is 19.1. The van der Waals surface area contributed by atoms with Gasteiger partial charge in [0.25, 0.3) is 0 Å². The number of aliphatic imine (C=N–C) groups is 1. The SMILES string of the molecule is CCCCN=C1Nc2ccccc2/C(=C/c2ccccc2)[Se]1. The van der Waals surface area contributed by atoms with E-state index in [0.717, 1.165) is 17.7 Å². The Balaban J connectivity index is 1.94. The second-order valence-corrected chi connectivity index (χ2v) is 7.39. The summed E-state index contributed by atoms with van der Waals surface area (Å²) in [5.41, 5.74) is 3.73. The molecule has 0 atom stereocenters. The summed E-state index contributed by atoms with van der Waals surface area (Å²) in [6.45, 7) is 3.12. The van der Waals surface area contributed by atoms with Crippen molar-refractivity contribution in [3.8, 4) is 0 Å². The molecule has 0 aromatic heterocycles. The molecule has 2 aromatic rings. The Morgan fingerprint density at radius 2 is 1.82 bits per heavy atom. The summed E-state index contributed by atoms with van der Waals surface area (Å²) in [4.78, 5) is 4.76. The molecule has 112 valence electrons. The van der Waals surface area contributed by atoms with Crippen molar-refractivity contribution in [3.05, 3.63) is 65.7 Å². The van der Waals surface area contributed by atoms with Crippen molar-refractivity contribution in [2.45, 2.75) is 19.8 Å².